The van der Waals surface area contributed by atoms with Crippen LogP contribution in [0.1, 0.15) is 18.1 Å². The van der Waals surface area contributed by atoms with Gasteiger partial charge in [-0.25, -0.2) is 8.42 Å². The molecule has 20 heavy (non-hydrogen) atoms. The zero-order chi connectivity index (χ0) is 14.9. The fourth-order valence-electron chi connectivity index (χ4n) is 2.47. The molecule has 0 aromatic heterocycles. The second kappa shape index (κ2) is 5.54. The van der Waals surface area contributed by atoms with Gasteiger partial charge < -0.3 is 4.90 Å². The van der Waals surface area contributed by atoms with Crippen LogP contribution in [0.5, 0.6) is 0 Å². The van der Waals surface area contributed by atoms with Crippen molar-refractivity contribution in [3.8, 4) is 0 Å². The monoisotopic (exact) mass is 296 g/mol. The minimum Gasteiger partial charge on any atom is -0.347 e. The maximum absolute atomic E-state index is 12.3. The van der Waals surface area contributed by atoms with Gasteiger partial charge in [0.25, 0.3) is 0 Å². The maximum atomic E-state index is 12.3. The molecule has 1 aliphatic heterocycles. The third-order valence-corrected chi connectivity index (χ3v) is 5.48. The lowest BCUT2D eigenvalue weighted by Gasteiger charge is -2.36. The smallest absolute Gasteiger partial charge is 0.240 e. The van der Waals surface area contributed by atoms with Crippen molar-refractivity contribution in [2.45, 2.75) is 25.9 Å². The van der Waals surface area contributed by atoms with E-state index in [4.69, 9.17) is 0 Å². The Morgan fingerprint density at radius 2 is 1.90 bits per heavy atom. The molecule has 5 nitrogen and oxygen atoms in total. The molecular weight excluding hydrogens is 276 g/mol. The van der Waals surface area contributed by atoms with Crippen molar-refractivity contribution in [3.63, 3.8) is 0 Å². The molecule has 0 saturated heterocycles. The Kier molecular flexibility index (Phi) is 4.15. The van der Waals surface area contributed by atoms with Crippen molar-refractivity contribution < 1.29 is 13.2 Å². The fourth-order valence-corrected chi connectivity index (χ4v) is 3.69. The van der Waals surface area contributed by atoms with Crippen LogP contribution in [0.2, 0.25) is 0 Å². The van der Waals surface area contributed by atoms with Crippen molar-refractivity contribution in [1.82, 2.24) is 9.21 Å². The van der Waals surface area contributed by atoms with Crippen LogP contribution >= 0.6 is 0 Å². The van der Waals surface area contributed by atoms with E-state index in [9.17, 15) is 13.2 Å². The van der Waals surface area contributed by atoms with Crippen LogP contribution in [0.3, 0.4) is 0 Å². The molecule has 6 heteroatoms. The second-order valence-corrected chi connectivity index (χ2v) is 7.38. The zero-order valence-electron chi connectivity index (χ0n) is 12.0. The van der Waals surface area contributed by atoms with Gasteiger partial charge in [-0.2, -0.15) is 4.31 Å². The Bertz CT molecular complexity index is 611. The summed E-state index contributed by atoms with van der Waals surface area (Å²) < 4.78 is 25.9. The van der Waals surface area contributed by atoms with Crippen molar-refractivity contribution in [1.29, 1.82) is 0 Å². The number of nitrogens with zero attached hydrogens (tertiary/aromatic N) is 2. The molecule has 0 saturated carbocycles. The molecule has 0 fully saturated rings. The Hall–Kier alpha value is -1.40. The van der Waals surface area contributed by atoms with E-state index in [1.165, 1.54) is 9.21 Å². The Morgan fingerprint density at radius 1 is 1.30 bits per heavy atom. The van der Waals surface area contributed by atoms with Gasteiger partial charge >= 0.3 is 0 Å². The van der Waals surface area contributed by atoms with Gasteiger partial charge in [-0.3, -0.25) is 4.79 Å². The molecule has 1 amide bonds. The first-order valence-corrected chi connectivity index (χ1v) is 8.25. The zero-order valence-corrected chi connectivity index (χ0v) is 12.9. The van der Waals surface area contributed by atoms with Crippen molar-refractivity contribution in [3.05, 3.63) is 35.4 Å². The number of benzene rings is 1. The van der Waals surface area contributed by atoms with Crippen LogP contribution in [0.4, 0.5) is 0 Å². The predicted octanol–water partition coefficient (Wildman–Crippen LogP) is 0.851. The van der Waals surface area contributed by atoms with Crippen LogP contribution < -0.4 is 0 Å². The molecule has 1 aliphatic rings. The van der Waals surface area contributed by atoms with E-state index in [0.29, 0.717) is 6.42 Å². The summed E-state index contributed by atoms with van der Waals surface area (Å²) in [6, 6.07) is 7.05. The molecule has 0 aliphatic carbocycles. The normalized spacial score (nSPS) is 19.4. The lowest BCUT2D eigenvalue weighted by molar-refractivity contribution is -0.133. The number of carbonyl (C=O) groups is 1. The first-order valence-electron chi connectivity index (χ1n) is 6.64. The fraction of sp³-hybridized carbons (Fsp3) is 0.500. The van der Waals surface area contributed by atoms with Gasteiger partial charge in [-0.1, -0.05) is 24.3 Å². The first kappa shape index (κ1) is 15.0. The second-order valence-electron chi connectivity index (χ2n) is 5.17. The average molecular weight is 296 g/mol. The van der Waals surface area contributed by atoms with Crippen LogP contribution in [-0.4, -0.2) is 49.4 Å². The number of hydrogen-bond acceptors (Lipinski definition) is 3. The van der Waals surface area contributed by atoms with Gasteiger partial charge in [0.15, 0.2) is 0 Å². The van der Waals surface area contributed by atoms with E-state index in [-0.39, 0.29) is 18.2 Å². The summed E-state index contributed by atoms with van der Waals surface area (Å²) in [5.41, 5.74) is 2.03. The summed E-state index contributed by atoms with van der Waals surface area (Å²) in [6.45, 7) is 1.88. The molecule has 1 unspecified atom stereocenters. The number of hydrogen-bond donors (Lipinski definition) is 0. The Balaban J connectivity index is 2.44. The summed E-state index contributed by atoms with van der Waals surface area (Å²) in [7, 11) is -0.101. The number of sulfonamides is 1. The molecule has 110 valence electrons. The van der Waals surface area contributed by atoms with Gasteiger partial charge in [0.05, 0.1) is 5.75 Å². The topological polar surface area (TPSA) is 57.7 Å². The van der Waals surface area contributed by atoms with Crippen LogP contribution in [-0.2, 0) is 27.8 Å². The van der Waals surface area contributed by atoms with Crippen LogP contribution in [0.25, 0.3) is 0 Å². The van der Waals surface area contributed by atoms with Crippen molar-refractivity contribution in [2.24, 2.45) is 0 Å². The largest absolute Gasteiger partial charge is 0.347 e. The van der Waals surface area contributed by atoms with E-state index >= 15 is 0 Å². The Labute approximate surface area is 120 Å². The molecule has 0 N–H and O–H groups in total. The van der Waals surface area contributed by atoms with Gasteiger partial charge in [0.2, 0.25) is 15.9 Å². The highest BCUT2D eigenvalue weighted by Gasteiger charge is 2.38. The quantitative estimate of drug-likeness (QED) is 0.831. The van der Waals surface area contributed by atoms with Gasteiger partial charge in [0, 0.05) is 20.6 Å². The number of carbonyl (C=O) groups excluding carboxylic acids is 1. The molecule has 0 bridgehead atoms. The molecule has 1 aromatic carbocycles. The molecular formula is C14H20N2O3S. The van der Waals surface area contributed by atoms with Crippen LogP contribution in [0, 0.1) is 0 Å². The SMILES string of the molecule is CCS(=O)(=O)N1Cc2ccccc2CC1C(=O)N(C)C. The van der Waals surface area contributed by atoms with E-state index < -0.39 is 16.1 Å². The lowest BCUT2D eigenvalue weighted by atomic mass is 9.95. The molecule has 2 rings (SSSR count). The van der Waals surface area contributed by atoms with Crippen LogP contribution in [0.15, 0.2) is 24.3 Å². The maximum Gasteiger partial charge on any atom is 0.240 e. The van der Waals surface area contributed by atoms with E-state index in [2.05, 4.69) is 0 Å². The van der Waals surface area contributed by atoms with Crippen molar-refractivity contribution in [2.75, 3.05) is 19.8 Å². The number of likely N-dealkylation sites (N-methyl/N-ethyl adjacent to an activating group) is 1. The van der Waals surface area contributed by atoms with Crippen molar-refractivity contribution >= 4 is 15.9 Å². The highest BCUT2D eigenvalue weighted by molar-refractivity contribution is 7.89. The standard InChI is InChI=1S/C14H20N2O3S/c1-4-20(18,19)16-10-12-8-6-5-7-11(12)9-13(16)14(17)15(2)3/h5-8,13H,4,9-10H2,1-3H3. The number of rotatable bonds is 3. The van der Waals surface area contributed by atoms with E-state index in [0.717, 1.165) is 11.1 Å². The minimum absolute atomic E-state index is 0.00632. The van der Waals surface area contributed by atoms with Gasteiger partial charge in [0.1, 0.15) is 6.04 Å². The lowest BCUT2D eigenvalue weighted by Crippen LogP contribution is -2.52. The summed E-state index contributed by atoms with van der Waals surface area (Å²) in [6.07, 6.45) is 0.437. The number of fused-ring (bicyclic) bond motifs is 1. The minimum atomic E-state index is -3.41. The van der Waals surface area contributed by atoms with E-state index in [1.54, 1.807) is 21.0 Å². The predicted molar refractivity (Wildman–Crippen MR) is 77.6 cm³/mol. The third-order valence-electron chi connectivity index (χ3n) is 3.65. The molecule has 1 heterocycles. The molecule has 1 atom stereocenters. The average Bonchev–Trinajstić information content (AvgIpc) is 2.44. The summed E-state index contributed by atoms with van der Waals surface area (Å²) in [5, 5.41) is 0. The third kappa shape index (κ3) is 2.71. The molecule has 0 radical (unpaired) electrons. The highest BCUT2D eigenvalue weighted by atomic mass is 32.2. The first-order chi connectivity index (χ1) is 9.36. The Morgan fingerprint density at radius 3 is 2.45 bits per heavy atom. The van der Waals surface area contributed by atoms with Gasteiger partial charge in [-0.05, 0) is 24.5 Å². The number of amides is 1. The summed E-state index contributed by atoms with van der Waals surface area (Å²) in [5.74, 6) is -0.164. The van der Waals surface area contributed by atoms with Gasteiger partial charge in [-0.15, -0.1) is 0 Å². The summed E-state index contributed by atoms with van der Waals surface area (Å²) >= 11 is 0. The summed E-state index contributed by atoms with van der Waals surface area (Å²) in [4.78, 5) is 13.8. The molecule has 1 aromatic rings. The molecule has 0 spiro atoms. The van der Waals surface area contributed by atoms with E-state index in [1.807, 2.05) is 24.3 Å². The highest BCUT2D eigenvalue weighted by Crippen LogP contribution is 2.26.